The van der Waals surface area contributed by atoms with Gasteiger partial charge in [0.2, 0.25) is 0 Å². The van der Waals surface area contributed by atoms with Crippen LogP contribution in [0.25, 0.3) is 0 Å². The first-order valence-corrected chi connectivity index (χ1v) is 5.42. The number of hydrogen-bond donors (Lipinski definition) is 2. The van der Waals surface area contributed by atoms with E-state index in [2.05, 4.69) is 39.1 Å². The molecule has 1 rings (SSSR count). The second kappa shape index (κ2) is 5.12. The van der Waals surface area contributed by atoms with Crippen LogP contribution in [-0.4, -0.2) is 17.6 Å². The Hall–Kier alpha value is -1.35. The Morgan fingerprint density at radius 2 is 1.69 bits per heavy atom. The topological polar surface area (TPSA) is 49.3 Å². The van der Waals surface area contributed by atoms with Crippen LogP contribution >= 0.6 is 0 Å². The summed E-state index contributed by atoms with van der Waals surface area (Å²) in [6.07, 6.45) is 0. The molecule has 0 atom stereocenters. The fourth-order valence-corrected chi connectivity index (χ4v) is 1.86. The van der Waals surface area contributed by atoms with Crippen molar-refractivity contribution in [3.8, 4) is 0 Å². The van der Waals surface area contributed by atoms with Crippen LogP contribution in [0.3, 0.4) is 0 Å². The summed E-state index contributed by atoms with van der Waals surface area (Å²) in [5.74, 6) is -0.820. The molecule has 0 aliphatic rings. The second-order valence-electron chi connectivity index (χ2n) is 4.24. The Bertz CT molecular complexity index is 385. The maximum Gasteiger partial charge on any atom is 0.317 e. The first-order valence-electron chi connectivity index (χ1n) is 5.42. The van der Waals surface area contributed by atoms with Crippen LogP contribution < -0.4 is 5.32 Å². The Labute approximate surface area is 96.5 Å². The molecule has 0 aliphatic heterocycles. The van der Waals surface area contributed by atoms with Crippen LogP contribution in [0.2, 0.25) is 0 Å². The zero-order chi connectivity index (χ0) is 12.3. The van der Waals surface area contributed by atoms with Crippen molar-refractivity contribution < 1.29 is 9.90 Å². The Balaban J connectivity index is 2.90. The maximum absolute atomic E-state index is 10.4. The zero-order valence-electron chi connectivity index (χ0n) is 10.3. The summed E-state index contributed by atoms with van der Waals surface area (Å²) in [4.78, 5) is 10.4. The van der Waals surface area contributed by atoms with E-state index in [9.17, 15) is 4.79 Å². The lowest BCUT2D eigenvalue weighted by atomic mass is 9.94. The van der Waals surface area contributed by atoms with Crippen LogP contribution in [0.15, 0.2) is 6.07 Å². The van der Waals surface area contributed by atoms with E-state index in [4.69, 9.17) is 5.11 Å². The van der Waals surface area contributed by atoms with Crippen molar-refractivity contribution in [3.63, 3.8) is 0 Å². The Kier molecular flexibility index (Phi) is 4.07. The molecule has 3 nitrogen and oxygen atoms in total. The summed E-state index contributed by atoms with van der Waals surface area (Å²) >= 11 is 0. The molecule has 0 radical (unpaired) electrons. The van der Waals surface area contributed by atoms with Gasteiger partial charge < -0.3 is 10.4 Å². The molecule has 0 unspecified atom stereocenters. The number of carboxylic acids is 1. The third kappa shape index (κ3) is 2.83. The van der Waals surface area contributed by atoms with E-state index in [1.54, 1.807) is 0 Å². The highest BCUT2D eigenvalue weighted by molar-refractivity contribution is 5.69. The van der Waals surface area contributed by atoms with Crippen molar-refractivity contribution in [3.05, 3.63) is 33.9 Å². The minimum atomic E-state index is -0.820. The van der Waals surface area contributed by atoms with E-state index < -0.39 is 5.97 Å². The Morgan fingerprint density at radius 3 is 2.12 bits per heavy atom. The molecule has 0 amide bonds. The maximum atomic E-state index is 10.4. The van der Waals surface area contributed by atoms with Gasteiger partial charge in [-0.05, 0) is 55.5 Å². The SMILES string of the molecule is Cc1cc(C)c(C)c(CNCC(=O)O)c1C. The summed E-state index contributed by atoms with van der Waals surface area (Å²) in [7, 11) is 0. The highest BCUT2D eigenvalue weighted by atomic mass is 16.4. The van der Waals surface area contributed by atoms with Gasteiger partial charge in [0.25, 0.3) is 0 Å². The summed E-state index contributed by atoms with van der Waals surface area (Å²) in [5, 5.41) is 11.5. The van der Waals surface area contributed by atoms with Crippen molar-refractivity contribution in [2.45, 2.75) is 34.2 Å². The highest BCUT2D eigenvalue weighted by Crippen LogP contribution is 2.21. The van der Waals surface area contributed by atoms with Crippen LogP contribution in [0.4, 0.5) is 0 Å². The molecule has 0 aromatic heterocycles. The van der Waals surface area contributed by atoms with Crippen LogP contribution in [0, 0.1) is 27.7 Å². The number of hydrogen-bond acceptors (Lipinski definition) is 2. The van der Waals surface area contributed by atoms with Gasteiger partial charge >= 0.3 is 5.97 Å². The monoisotopic (exact) mass is 221 g/mol. The number of nitrogens with one attached hydrogen (secondary N) is 1. The molecule has 1 aromatic carbocycles. The van der Waals surface area contributed by atoms with Crippen molar-refractivity contribution in [1.82, 2.24) is 5.32 Å². The van der Waals surface area contributed by atoms with E-state index in [1.165, 1.54) is 27.8 Å². The van der Waals surface area contributed by atoms with E-state index in [1.807, 2.05) is 0 Å². The molecule has 0 spiro atoms. The Morgan fingerprint density at radius 1 is 1.19 bits per heavy atom. The van der Waals surface area contributed by atoms with Crippen LogP contribution in [-0.2, 0) is 11.3 Å². The lowest BCUT2D eigenvalue weighted by Crippen LogP contribution is -2.23. The molecule has 88 valence electrons. The number of carbonyl (C=O) groups is 1. The number of aryl methyl sites for hydroxylation is 2. The average molecular weight is 221 g/mol. The van der Waals surface area contributed by atoms with Gasteiger partial charge in [0.15, 0.2) is 0 Å². The molecular formula is C13H19NO2. The normalized spacial score (nSPS) is 10.5. The van der Waals surface area contributed by atoms with E-state index in [-0.39, 0.29) is 6.54 Å². The number of carboxylic acid groups (broad SMARTS) is 1. The van der Waals surface area contributed by atoms with Gasteiger partial charge in [-0.15, -0.1) is 0 Å². The second-order valence-corrected chi connectivity index (χ2v) is 4.24. The lowest BCUT2D eigenvalue weighted by Gasteiger charge is -2.15. The van der Waals surface area contributed by atoms with Gasteiger partial charge in [-0.1, -0.05) is 6.07 Å². The third-order valence-electron chi connectivity index (χ3n) is 3.10. The molecule has 0 bridgehead atoms. The first-order chi connectivity index (χ1) is 7.43. The molecule has 1 aromatic rings. The standard InChI is InChI=1S/C13H19NO2/c1-8-5-9(2)11(4)12(10(8)3)6-14-7-13(15)16/h5,14H,6-7H2,1-4H3,(H,15,16). The van der Waals surface area contributed by atoms with Gasteiger partial charge in [0, 0.05) is 6.54 Å². The summed E-state index contributed by atoms with van der Waals surface area (Å²) in [6, 6.07) is 2.17. The van der Waals surface area contributed by atoms with Crippen molar-refractivity contribution in [1.29, 1.82) is 0 Å². The number of benzene rings is 1. The third-order valence-corrected chi connectivity index (χ3v) is 3.10. The molecule has 0 heterocycles. The highest BCUT2D eigenvalue weighted by Gasteiger charge is 2.08. The molecule has 0 fully saturated rings. The van der Waals surface area contributed by atoms with Crippen LogP contribution in [0.1, 0.15) is 27.8 Å². The minimum Gasteiger partial charge on any atom is -0.480 e. The van der Waals surface area contributed by atoms with Crippen molar-refractivity contribution in [2.75, 3.05) is 6.54 Å². The molecule has 16 heavy (non-hydrogen) atoms. The summed E-state index contributed by atoms with van der Waals surface area (Å²) in [6.45, 7) is 8.96. The summed E-state index contributed by atoms with van der Waals surface area (Å²) in [5.41, 5.74) is 6.24. The quantitative estimate of drug-likeness (QED) is 0.818. The van der Waals surface area contributed by atoms with E-state index in [0.717, 1.165) is 0 Å². The van der Waals surface area contributed by atoms with Gasteiger partial charge in [0.05, 0.1) is 6.54 Å². The van der Waals surface area contributed by atoms with E-state index in [0.29, 0.717) is 6.54 Å². The van der Waals surface area contributed by atoms with E-state index >= 15 is 0 Å². The van der Waals surface area contributed by atoms with Gasteiger partial charge in [-0.2, -0.15) is 0 Å². The van der Waals surface area contributed by atoms with Crippen molar-refractivity contribution in [2.24, 2.45) is 0 Å². The van der Waals surface area contributed by atoms with Gasteiger partial charge in [-0.3, -0.25) is 4.79 Å². The molecule has 0 aliphatic carbocycles. The predicted octanol–water partition coefficient (Wildman–Crippen LogP) is 2.09. The first kappa shape index (κ1) is 12.7. The molecular weight excluding hydrogens is 202 g/mol. The van der Waals surface area contributed by atoms with Crippen LogP contribution in [0.5, 0.6) is 0 Å². The number of aliphatic carboxylic acids is 1. The fraction of sp³-hybridized carbons (Fsp3) is 0.462. The minimum absolute atomic E-state index is 0.00582. The predicted molar refractivity (Wildman–Crippen MR) is 64.7 cm³/mol. The lowest BCUT2D eigenvalue weighted by molar-refractivity contribution is -0.135. The molecule has 0 saturated heterocycles. The largest absolute Gasteiger partial charge is 0.480 e. The zero-order valence-corrected chi connectivity index (χ0v) is 10.3. The van der Waals surface area contributed by atoms with Gasteiger partial charge in [0.1, 0.15) is 0 Å². The smallest absolute Gasteiger partial charge is 0.317 e. The fourth-order valence-electron chi connectivity index (χ4n) is 1.86. The van der Waals surface area contributed by atoms with Crippen molar-refractivity contribution >= 4 is 5.97 Å². The number of rotatable bonds is 4. The molecule has 2 N–H and O–H groups in total. The molecule has 3 heteroatoms. The van der Waals surface area contributed by atoms with Gasteiger partial charge in [-0.25, -0.2) is 0 Å². The molecule has 0 saturated carbocycles. The summed E-state index contributed by atoms with van der Waals surface area (Å²) < 4.78 is 0. The average Bonchev–Trinajstić information content (AvgIpc) is 2.20.